The third-order valence-electron chi connectivity index (χ3n) is 3.85. The molecule has 0 heterocycles. The molecule has 2 rings (SSSR count). The summed E-state index contributed by atoms with van der Waals surface area (Å²) < 4.78 is 6.01. The zero-order valence-corrected chi connectivity index (χ0v) is 15.0. The Morgan fingerprint density at radius 3 is 2.52 bits per heavy atom. The van der Waals surface area contributed by atoms with Crippen molar-refractivity contribution >= 4 is 11.6 Å². The lowest BCUT2D eigenvalue weighted by Crippen LogP contribution is -2.04. The van der Waals surface area contributed by atoms with Gasteiger partial charge in [0.25, 0.3) is 0 Å². The van der Waals surface area contributed by atoms with Gasteiger partial charge >= 0.3 is 0 Å². The van der Waals surface area contributed by atoms with Crippen molar-refractivity contribution in [3.8, 4) is 5.75 Å². The molecular weight excluding hydrogens is 304 g/mol. The van der Waals surface area contributed by atoms with Gasteiger partial charge in [0.15, 0.2) is 0 Å². The Morgan fingerprint density at radius 1 is 1.09 bits per heavy atom. The third kappa shape index (κ3) is 4.62. The van der Waals surface area contributed by atoms with Gasteiger partial charge in [0, 0.05) is 17.0 Å². The molecule has 0 saturated carbocycles. The van der Waals surface area contributed by atoms with Crippen LogP contribution in [-0.4, -0.2) is 6.61 Å². The highest BCUT2D eigenvalue weighted by atomic mass is 35.5. The molecule has 0 saturated heterocycles. The molecule has 0 aliphatic carbocycles. The Hall–Kier alpha value is -1.73. The quantitative estimate of drug-likeness (QED) is 0.561. The molecule has 2 heteroatoms. The molecule has 0 atom stereocenters. The van der Waals surface area contributed by atoms with Crippen molar-refractivity contribution in [3.63, 3.8) is 0 Å². The van der Waals surface area contributed by atoms with Crippen LogP contribution in [-0.2, 0) is 12.8 Å². The maximum Gasteiger partial charge on any atom is 0.123 e. The number of halogens is 1. The molecule has 0 aliphatic heterocycles. The van der Waals surface area contributed by atoms with E-state index in [0.29, 0.717) is 0 Å². The van der Waals surface area contributed by atoms with E-state index in [0.717, 1.165) is 42.2 Å². The maximum absolute atomic E-state index is 6.44. The van der Waals surface area contributed by atoms with Crippen molar-refractivity contribution in [2.45, 2.75) is 40.0 Å². The first-order valence-electron chi connectivity index (χ1n) is 8.16. The predicted octanol–water partition coefficient (Wildman–Crippen LogP) is 6.06. The number of rotatable bonds is 7. The van der Waals surface area contributed by atoms with Crippen molar-refractivity contribution in [1.82, 2.24) is 0 Å². The van der Waals surface area contributed by atoms with Crippen LogP contribution in [0, 0.1) is 13.8 Å². The highest BCUT2D eigenvalue weighted by molar-refractivity contribution is 6.31. The number of hydrogen-bond donors (Lipinski definition) is 0. The van der Waals surface area contributed by atoms with Crippen molar-refractivity contribution in [1.29, 1.82) is 0 Å². The second-order valence-corrected chi connectivity index (χ2v) is 6.42. The third-order valence-corrected chi connectivity index (χ3v) is 4.20. The van der Waals surface area contributed by atoms with Gasteiger partial charge < -0.3 is 4.74 Å². The van der Waals surface area contributed by atoms with E-state index in [1.807, 2.05) is 12.1 Å². The van der Waals surface area contributed by atoms with Gasteiger partial charge in [0.05, 0.1) is 6.61 Å². The fraction of sp³-hybridized carbons (Fsp3) is 0.333. The lowest BCUT2D eigenvalue weighted by atomic mass is 9.94. The van der Waals surface area contributed by atoms with Crippen LogP contribution in [0.15, 0.2) is 43.0 Å². The van der Waals surface area contributed by atoms with E-state index in [4.69, 9.17) is 16.3 Å². The summed E-state index contributed by atoms with van der Waals surface area (Å²) >= 11 is 6.44. The Bertz CT molecular complexity index is 688. The molecule has 0 unspecified atom stereocenters. The highest BCUT2D eigenvalue weighted by Crippen LogP contribution is 2.30. The van der Waals surface area contributed by atoms with Crippen LogP contribution in [0.5, 0.6) is 5.75 Å². The monoisotopic (exact) mass is 328 g/mol. The van der Waals surface area contributed by atoms with Crippen LogP contribution in [0.1, 0.15) is 41.2 Å². The minimum absolute atomic E-state index is 0.728. The zero-order chi connectivity index (χ0) is 16.8. The average molecular weight is 329 g/mol. The second kappa shape index (κ2) is 8.21. The first kappa shape index (κ1) is 17.6. The lowest BCUT2D eigenvalue weighted by Gasteiger charge is -2.17. The van der Waals surface area contributed by atoms with Gasteiger partial charge in [-0.25, -0.2) is 0 Å². The predicted molar refractivity (Wildman–Crippen MR) is 99.9 cm³/mol. The van der Waals surface area contributed by atoms with E-state index < -0.39 is 0 Å². The van der Waals surface area contributed by atoms with E-state index in [1.54, 1.807) is 0 Å². The summed E-state index contributed by atoms with van der Waals surface area (Å²) in [6, 6.07) is 10.6. The van der Waals surface area contributed by atoms with E-state index in [-0.39, 0.29) is 0 Å². The molecule has 2 aromatic rings. The summed E-state index contributed by atoms with van der Waals surface area (Å²) in [6.07, 6.45) is 4.55. The number of aryl methyl sites for hydroxylation is 2. The summed E-state index contributed by atoms with van der Waals surface area (Å²) in [5, 5.41) is 0.816. The normalized spacial score (nSPS) is 10.6. The van der Waals surface area contributed by atoms with Crippen LogP contribution < -0.4 is 4.74 Å². The molecule has 0 bridgehead atoms. The number of benzene rings is 2. The van der Waals surface area contributed by atoms with E-state index in [9.17, 15) is 0 Å². The minimum Gasteiger partial charge on any atom is -0.493 e. The standard InChI is InChI=1S/C21H25ClO/c1-5-7-17-11-16(4)13-21(23-10-6-2)19(17)14-18-9-8-15(3)12-20(18)22/h5,8-9,11-13H,1,6-7,10,14H2,2-4H3. The van der Waals surface area contributed by atoms with Crippen LogP contribution in [0.2, 0.25) is 5.02 Å². The van der Waals surface area contributed by atoms with E-state index in [2.05, 4.69) is 51.6 Å². The van der Waals surface area contributed by atoms with E-state index >= 15 is 0 Å². The van der Waals surface area contributed by atoms with Gasteiger partial charge in [-0.1, -0.05) is 42.8 Å². The Labute approximate surface area is 145 Å². The summed E-state index contributed by atoms with van der Waals surface area (Å²) in [4.78, 5) is 0. The van der Waals surface area contributed by atoms with Gasteiger partial charge in [-0.3, -0.25) is 0 Å². The summed E-state index contributed by atoms with van der Waals surface area (Å²) in [7, 11) is 0. The fourth-order valence-corrected chi connectivity index (χ4v) is 3.02. The van der Waals surface area contributed by atoms with Gasteiger partial charge in [-0.2, -0.15) is 0 Å². The van der Waals surface area contributed by atoms with Crippen LogP contribution in [0.4, 0.5) is 0 Å². The van der Waals surface area contributed by atoms with Crippen molar-refractivity contribution in [2.75, 3.05) is 6.61 Å². The second-order valence-electron chi connectivity index (χ2n) is 6.01. The highest BCUT2D eigenvalue weighted by Gasteiger charge is 2.13. The fourth-order valence-electron chi connectivity index (χ4n) is 2.72. The molecule has 0 N–H and O–H groups in total. The van der Waals surface area contributed by atoms with E-state index in [1.165, 1.54) is 22.3 Å². The van der Waals surface area contributed by atoms with Crippen molar-refractivity contribution in [3.05, 3.63) is 75.8 Å². The molecule has 0 aliphatic rings. The minimum atomic E-state index is 0.728. The molecule has 23 heavy (non-hydrogen) atoms. The SMILES string of the molecule is C=CCc1cc(C)cc(OCCC)c1Cc1ccc(C)cc1Cl. The first-order valence-corrected chi connectivity index (χ1v) is 8.54. The largest absolute Gasteiger partial charge is 0.493 e. The molecule has 122 valence electrons. The van der Waals surface area contributed by atoms with Crippen LogP contribution >= 0.6 is 11.6 Å². The molecule has 0 aromatic heterocycles. The lowest BCUT2D eigenvalue weighted by molar-refractivity contribution is 0.314. The van der Waals surface area contributed by atoms with Gasteiger partial charge in [0.2, 0.25) is 0 Å². The molecule has 0 spiro atoms. The van der Waals surface area contributed by atoms with Gasteiger partial charge in [-0.05, 0) is 61.1 Å². The van der Waals surface area contributed by atoms with Crippen LogP contribution in [0.25, 0.3) is 0 Å². The molecule has 0 radical (unpaired) electrons. The Balaban J connectivity index is 2.46. The van der Waals surface area contributed by atoms with Gasteiger partial charge in [-0.15, -0.1) is 6.58 Å². The average Bonchev–Trinajstić information content (AvgIpc) is 2.50. The number of hydrogen-bond acceptors (Lipinski definition) is 1. The Morgan fingerprint density at radius 2 is 1.87 bits per heavy atom. The van der Waals surface area contributed by atoms with Gasteiger partial charge in [0.1, 0.15) is 5.75 Å². The first-order chi connectivity index (χ1) is 11.0. The number of allylic oxidation sites excluding steroid dienone is 1. The number of ether oxygens (including phenoxy) is 1. The summed E-state index contributed by atoms with van der Waals surface area (Å²) in [6.45, 7) is 10.9. The Kier molecular flexibility index (Phi) is 6.29. The van der Waals surface area contributed by atoms with Crippen molar-refractivity contribution in [2.24, 2.45) is 0 Å². The molecule has 1 nitrogen and oxygen atoms in total. The summed E-state index contributed by atoms with van der Waals surface area (Å²) in [5.41, 5.74) is 6.01. The molecule has 0 amide bonds. The smallest absolute Gasteiger partial charge is 0.123 e. The molecule has 2 aromatic carbocycles. The summed E-state index contributed by atoms with van der Waals surface area (Å²) in [5.74, 6) is 0.973. The molecular formula is C21H25ClO. The van der Waals surface area contributed by atoms with Crippen molar-refractivity contribution < 1.29 is 4.74 Å². The topological polar surface area (TPSA) is 9.23 Å². The molecule has 0 fully saturated rings. The maximum atomic E-state index is 6.44. The van der Waals surface area contributed by atoms with Crippen LogP contribution in [0.3, 0.4) is 0 Å². The zero-order valence-electron chi connectivity index (χ0n) is 14.3.